The van der Waals surface area contributed by atoms with Gasteiger partial charge in [-0.05, 0) is 62.2 Å². The van der Waals surface area contributed by atoms with E-state index in [1.807, 2.05) is 13.8 Å². The molecule has 0 unspecified atom stereocenters. The molecule has 160 valence electrons. The van der Waals surface area contributed by atoms with Crippen LogP contribution in [0.1, 0.15) is 31.9 Å². The SMILES string of the molecule is COc1cc(/C=C/C(=O)O[C@H](C)C(=O)NCc2ccc(F)cc2)ccc1OC(C)C. The van der Waals surface area contributed by atoms with Crippen molar-refractivity contribution in [2.75, 3.05) is 7.11 Å². The molecule has 2 aromatic carbocycles. The molecule has 6 nitrogen and oxygen atoms in total. The fourth-order valence-corrected chi connectivity index (χ4v) is 2.51. The van der Waals surface area contributed by atoms with Crippen LogP contribution in [0.5, 0.6) is 11.5 Å². The first kappa shape index (κ1) is 22.9. The Labute approximate surface area is 175 Å². The Kier molecular flexibility index (Phi) is 8.41. The Morgan fingerprint density at radius 3 is 2.40 bits per heavy atom. The number of benzene rings is 2. The number of hydrogen-bond donors (Lipinski definition) is 1. The first-order valence-corrected chi connectivity index (χ1v) is 9.54. The highest BCUT2D eigenvalue weighted by Gasteiger charge is 2.16. The van der Waals surface area contributed by atoms with Crippen LogP contribution in [0.4, 0.5) is 4.39 Å². The third-order valence-corrected chi connectivity index (χ3v) is 4.00. The molecule has 7 heteroatoms. The van der Waals surface area contributed by atoms with Gasteiger partial charge in [0.2, 0.25) is 0 Å². The normalized spacial score (nSPS) is 11.9. The van der Waals surface area contributed by atoms with Crippen LogP contribution in [0.2, 0.25) is 0 Å². The van der Waals surface area contributed by atoms with Crippen LogP contribution in [-0.2, 0) is 20.9 Å². The summed E-state index contributed by atoms with van der Waals surface area (Å²) in [7, 11) is 1.54. The lowest BCUT2D eigenvalue weighted by Crippen LogP contribution is -2.35. The number of methoxy groups -OCH3 is 1. The molecule has 0 saturated heterocycles. The van der Waals surface area contributed by atoms with E-state index in [1.54, 1.807) is 36.4 Å². The van der Waals surface area contributed by atoms with E-state index in [0.717, 1.165) is 5.56 Å². The predicted octanol–water partition coefficient (Wildman–Crippen LogP) is 3.88. The molecule has 0 saturated carbocycles. The van der Waals surface area contributed by atoms with Gasteiger partial charge in [0.15, 0.2) is 17.6 Å². The molecule has 0 heterocycles. The van der Waals surface area contributed by atoms with Gasteiger partial charge in [0.25, 0.3) is 5.91 Å². The second kappa shape index (κ2) is 11.0. The van der Waals surface area contributed by atoms with Gasteiger partial charge >= 0.3 is 5.97 Å². The molecule has 0 bridgehead atoms. The van der Waals surface area contributed by atoms with Gasteiger partial charge < -0.3 is 19.5 Å². The van der Waals surface area contributed by atoms with Crippen LogP contribution in [0.15, 0.2) is 48.5 Å². The average Bonchev–Trinajstić information content (AvgIpc) is 2.71. The molecular weight excluding hydrogens is 389 g/mol. The molecule has 1 atom stereocenters. The van der Waals surface area contributed by atoms with Crippen molar-refractivity contribution in [1.29, 1.82) is 0 Å². The molecule has 1 N–H and O–H groups in total. The number of nitrogens with one attached hydrogen (secondary N) is 1. The Hall–Kier alpha value is -3.35. The van der Waals surface area contributed by atoms with Crippen molar-refractivity contribution in [3.8, 4) is 11.5 Å². The summed E-state index contributed by atoms with van der Waals surface area (Å²) in [4.78, 5) is 24.1. The topological polar surface area (TPSA) is 73.9 Å². The molecule has 0 aromatic heterocycles. The number of hydrogen-bond acceptors (Lipinski definition) is 5. The van der Waals surface area contributed by atoms with E-state index in [-0.39, 0.29) is 18.5 Å². The second-order valence-electron chi connectivity index (χ2n) is 6.83. The molecule has 2 aromatic rings. The van der Waals surface area contributed by atoms with Crippen molar-refractivity contribution in [3.05, 3.63) is 65.5 Å². The number of halogens is 1. The lowest BCUT2D eigenvalue weighted by Gasteiger charge is -2.14. The minimum absolute atomic E-state index is 0.00552. The standard InChI is InChI=1S/C23H26FNO5/c1-15(2)29-20-11-7-17(13-21(20)28-4)8-12-22(26)30-16(3)23(27)25-14-18-5-9-19(24)10-6-18/h5-13,15-16H,14H2,1-4H3,(H,25,27)/b12-8+/t16-/m1/s1. The third-order valence-electron chi connectivity index (χ3n) is 4.00. The fourth-order valence-electron chi connectivity index (χ4n) is 2.51. The first-order chi connectivity index (χ1) is 14.3. The molecule has 0 aliphatic heterocycles. The van der Waals surface area contributed by atoms with Crippen LogP contribution in [-0.4, -0.2) is 31.2 Å². The fraction of sp³-hybridized carbons (Fsp3) is 0.304. The summed E-state index contributed by atoms with van der Waals surface area (Å²) in [5, 5.41) is 2.64. The summed E-state index contributed by atoms with van der Waals surface area (Å²) in [5.74, 6) is -0.288. The number of rotatable bonds is 9. The third kappa shape index (κ3) is 7.24. The summed E-state index contributed by atoms with van der Waals surface area (Å²) in [6.45, 7) is 5.52. The maximum absolute atomic E-state index is 12.9. The lowest BCUT2D eigenvalue weighted by atomic mass is 10.2. The largest absolute Gasteiger partial charge is 0.493 e. The van der Waals surface area contributed by atoms with Crippen LogP contribution in [0.25, 0.3) is 6.08 Å². The summed E-state index contributed by atoms with van der Waals surface area (Å²) in [5.41, 5.74) is 1.45. The van der Waals surface area contributed by atoms with Crippen molar-refractivity contribution in [1.82, 2.24) is 5.32 Å². The maximum atomic E-state index is 12.9. The zero-order chi connectivity index (χ0) is 22.1. The van der Waals surface area contributed by atoms with Crippen LogP contribution in [0, 0.1) is 5.82 Å². The predicted molar refractivity (Wildman–Crippen MR) is 112 cm³/mol. The quantitative estimate of drug-likeness (QED) is 0.497. The highest BCUT2D eigenvalue weighted by molar-refractivity contribution is 5.90. The van der Waals surface area contributed by atoms with E-state index >= 15 is 0 Å². The number of amides is 1. The van der Waals surface area contributed by atoms with Gasteiger partial charge in [-0.3, -0.25) is 4.79 Å². The average molecular weight is 415 g/mol. The van der Waals surface area contributed by atoms with E-state index in [1.165, 1.54) is 32.2 Å². The molecular formula is C23H26FNO5. The van der Waals surface area contributed by atoms with E-state index in [0.29, 0.717) is 17.1 Å². The number of carbonyl (C=O) groups is 2. The van der Waals surface area contributed by atoms with Crippen LogP contribution in [0.3, 0.4) is 0 Å². The summed E-state index contributed by atoms with van der Waals surface area (Å²) >= 11 is 0. The number of esters is 1. The summed E-state index contributed by atoms with van der Waals surface area (Å²) < 4.78 is 29.0. The first-order valence-electron chi connectivity index (χ1n) is 9.54. The highest BCUT2D eigenvalue weighted by Crippen LogP contribution is 2.29. The monoisotopic (exact) mass is 415 g/mol. The van der Waals surface area contributed by atoms with Gasteiger partial charge in [-0.25, -0.2) is 9.18 Å². The highest BCUT2D eigenvalue weighted by atomic mass is 19.1. The Bertz CT molecular complexity index is 893. The minimum Gasteiger partial charge on any atom is -0.493 e. The smallest absolute Gasteiger partial charge is 0.331 e. The van der Waals surface area contributed by atoms with E-state index in [9.17, 15) is 14.0 Å². The van der Waals surface area contributed by atoms with Gasteiger partial charge in [-0.1, -0.05) is 18.2 Å². The molecule has 0 aliphatic carbocycles. The maximum Gasteiger partial charge on any atom is 0.331 e. The molecule has 30 heavy (non-hydrogen) atoms. The minimum atomic E-state index is -0.973. The van der Waals surface area contributed by atoms with Gasteiger partial charge in [-0.2, -0.15) is 0 Å². The molecule has 0 radical (unpaired) electrons. The van der Waals surface area contributed by atoms with Crippen molar-refractivity contribution >= 4 is 18.0 Å². The molecule has 0 fully saturated rings. The van der Waals surface area contributed by atoms with Gasteiger partial charge in [0, 0.05) is 12.6 Å². The van der Waals surface area contributed by atoms with Crippen molar-refractivity contribution < 1.29 is 28.2 Å². The summed E-state index contributed by atoms with van der Waals surface area (Å²) in [6, 6.07) is 11.0. The van der Waals surface area contributed by atoms with Crippen molar-refractivity contribution in [3.63, 3.8) is 0 Å². The van der Waals surface area contributed by atoms with E-state index in [4.69, 9.17) is 14.2 Å². The van der Waals surface area contributed by atoms with Crippen LogP contribution >= 0.6 is 0 Å². The molecule has 0 spiro atoms. The Morgan fingerprint density at radius 1 is 1.07 bits per heavy atom. The van der Waals surface area contributed by atoms with Gasteiger partial charge in [0.1, 0.15) is 5.82 Å². The molecule has 2 rings (SSSR count). The second-order valence-corrected chi connectivity index (χ2v) is 6.83. The van der Waals surface area contributed by atoms with Gasteiger partial charge in [-0.15, -0.1) is 0 Å². The van der Waals surface area contributed by atoms with E-state index in [2.05, 4.69) is 5.32 Å². The van der Waals surface area contributed by atoms with Gasteiger partial charge in [0.05, 0.1) is 13.2 Å². The molecule has 1 amide bonds. The number of carbonyl (C=O) groups excluding carboxylic acids is 2. The van der Waals surface area contributed by atoms with Crippen LogP contribution < -0.4 is 14.8 Å². The van der Waals surface area contributed by atoms with E-state index < -0.39 is 18.0 Å². The zero-order valence-corrected chi connectivity index (χ0v) is 17.5. The van der Waals surface area contributed by atoms with Crippen molar-refractivity contribution in [2.45, 2.75) is 39.5 Å². The lowest BCUT2D eigenvalue weighted by molar-refractivity contribution is -0.150. The Morgan fingerprint density at radius 2 is 1.77 bits per heavy atom. The number of ether oxygens (including phenoxy) is 3. The summed E-state index contributed by atoms with van der Waals surface area (Å²) in [6.07, 6.45) is 1.83. The van der Waals surface area contributed by atoms with Crippen molar-refractivity contribution in [2.24, 2.45) is 0 Å². The Balaban J connectivity index is 1.88. The molecule has 0 aliphatic rings. The zero-order valence-electron chi connectivity index (χ0n) is 17.5.